The van der Waals surface area contributed by atoms with Gasteiger partial charge in [0.25, 0.3) is 0 Å². The molecule has 2 nitrogen and oxygen atoms in total. The second-order valence-electron chi connectivity index (χ2n) is 12.1. The highest BCUT2D eigenvalue weighted by molar-refractivity contribution is 5.69. The Hall–Kier alpha value is -0.790. The monoisotopic (exact) mass is 535 g/mol. The van der Waals surface area contributed by atoms with Crippen molar-refractivity contribution in [1.29, 1.82) is 0 Å². The van der Waals surface area contributed by atoms with Gasteiger partial charge in [-0.15, -0.1) is 0 Å². The van der Waals surface area contributed by atoms with E-state index in [4.69, 9.17) is 0 Å². The maximum atomic E-state index is 11.6. The fourth-order valence-electron chi connectivity index (χ4n) is 5.61. The molecule has 0 saturated heterocycles. The van der Waals surface area contributed by atoms with Crippen LogP contribution in [0.4, 0.5) is 0 Å². The van der Waals surface area contributed by atoms with Crippen molar-refractivity contribution < 1.29 is 9.90 Å². The molecule has 0 fully saturated rings. The molecular formula is C36H70O2. The zero-order valence-electron chi connectivity index (χ0n) is 26.3. The first-order valence-electron chi connectivity index (χ1n) is 17.6. The molecule has 0 radical (unpaired) electrons. The number of allylic oxidation sites excluding steroid dienone is 2. The van der Waals surface area contributed by atoms with Crippen LogP contribution >= 0.6 is 0 Å². The zero-order chi connectivity index (χ0) is 27.8. The molecule has 0 amide bonds. The van der Waals surface area contributed by atoms with E-state index in [1.54, 1.807) is 0 Å². The van der Waals surface area contributed by atoms with E-state index in [9.17, 15) is 9.90 Å². The van der Waals surface area contributed by atoms with Crippen LogP contribution in [0.1, 0.15) is 206 Å². The van der Waals surface area contributed by atoms with Crippen LogP contribution in [0.15, 0.2) is 12.2 Å². The van der Waals surface area contributed by atoms with Crippen molar-refractivity contribution in [2.45, 2.75) is 206 Å². The minimum absolute atomic E-state index is 0.104. The molecule has 0 aliphatic rings. The maximum Gasteiger partial charge on any atom is 0.306 e. The van der Waals surface area contributed by atoms with Crippen molar-refractivity contribution in [1.82, 2.24) is 0 Å². The van der Waals surface area contributed by atoms with Gasteiger partial charge >= 0.3 is 5.97 Å². The maximum absolute atomic E-state index is 11.6. The lowest BCUT2D eigenvalue weighted by atomic mass is 9.94. The van der Waals surface area contributed by atoms with Gasteiger partial charge in [-0.3, -0.25) is 4.79 Å². The van der Waals surface area contributed by atoms with E-state index < -0.39 is 5.97 Å². The molecule has 0 aliphatic heterocycles. The Balaban J connectivity index is 3.42. The van der Waals surface area contributed by atoms with Gasteiger partial charge in [0.2, 0.25) is 0 Å². The fourth-order valence-corrected chi connectivity index (χ4v) is 5.61. The van der Waals surface area contributed by atoms with E-state index in [0.717, 1.165) is 25.7 Å². The molecule has 0 aromatic heterocycles. The van der Waals surface area contributed by atoms with Gasteiger partial charge in [-0.25, -0.2) is 0 Å². The summed E-state index contributed by atoms with van der Waals surface area (Å²) < 4.78 is 0. The summed E-state index contributed by atoms with van der Waals surface area (Å²) in [6, 6.07) is 0. The van der Waals surface area contributed by atoms with Crippen molar-refractivity contribution in [3.05, 3.63) is 12.2 Å². The van der Waals surface area contributed by atoms with E-state index in [2.05, 4.69) is 26.0 Å². The molecule has 1 atom stereocenters. The number of unbranched alkanes of at least 4 members (excludes halogenated alkanes) is 25. The van der Waals surface area contributed by atoms with Crippen LogP contribution in [0.2, 0.25) is 0 Å². The number of carboxylic acid groups (broad SMARTS) is 1. The van der Waals surface area contributed by atoms with E-state index in [1.165, 1.54) is 167 Å². The third-order valence-electron chi connectivity index (χ3n) is 8.32. The highest BCUT2D eigenvalue weighted by atomic mass is 16.4. The predicted molar refractivity (Wildman–Crippen MR) is 170 cm³/mol. The fraction of sp³-hybridized carbons (Fsp3) is 0.917. The number of rotatable bonds is 32. The van der Waals surface area contributed by atoms with Gasteiger partial charge in [-0.05, 0) is 38.5 Å². The third kappa shape index (κ3) is 29.8. The summed E-state index contributed by atoms with van der Waals surface area (Å²) in [5.41, 5.74) is 0. The lowest BCUT2D eigenvalue weighted by molar-refractivity contribution is -0.142. The predicted octanol–water partition coefficient (Wildman–Crippen LogP) is 13.0. The Morgan fingerprint density at radius 1 is 0.447 bits per heavy atom. The highest BCUT2D eigenvalue weighted by Crippen LogP contribution is 2.20. The summed E-state index contributed by atoms with van der Waals surface area (Å²) in [5, 5.41) is 9.59. The second kappa shape index (κ2) is 32.4. The molecule has 1 N–H and O–H groups in total. The molecule has 0 heterocycles. The zero-order valence-corrected chi connectivity index (χ0v) is 26.3. The molecule has 0 spiro atoms. The summed E-state index contributed by atoms with van der Waals surface area (Å²) in [5.74, 6) is -0.665. The quantitative estimate of drug-likeness (QED) is 0.0688. The Bertz CT molecular complexity index is 484. The van der Waals surface area contributed by atoms with Gasteiger partial charge in [0.15, 0.2) is 0 Å². The smallest absolute Gasteiger partial charge is 0.306 e. The lowest BCUT2D eigenvalue weighted by Gasteiger charge is -2.12. The highest BCUT2D eigenvalue weighted by Gasteiger charge is 2.16. The molecule has 0 rings (SSSR count). The van der Waals surface area contributed by atoms with Gasteiger partial charge in [-0.1, -0.05) is 180 Å². The SMILES string of the molecule is CCCCCCCC/C=C\CCCCCCCCCCC(CCCCCCCCCCCCCC)C(=O)O. The number of hydrogen-bond acceptors (Lipinski definition) is 1. The largest absolute Gasteiger partial charge is 0.481 e. The average Bonchev–Trinajstić information content (AvgIpc) is 2.91. The molecule has 226 valence electrons. The molecule has 0 aromatic carbocycles. The van der Waals surface area contributed by atoms with E-state index in [0.29, 0.717) is 0 Å². The topological polar surface area (TPSA) is 37.3 Å². The number of hydrogen-bond donors (Lipinski definition) is 1. The molecule has 1 unspecified atom stereocenters. The van der Waals surface area contributed by atoms with Crippen molar-refractivity contribution >= 4 is 5.97 Å². The summed E-state index contributed by atoms with van der Waals surface area (Å²) in [6.07, 6.45) is 43.9. The van der Waals surface area contributed by atoms with Crippen molar-refractivity contribution in [3.63, 3.8) is 0 Å². The first kappa shape index (κ1) is 37.2. The van der Waals surface area contributed by atoms with Crippen molar-refractivity contribution in [2.75, 3.05) is 0 Å². The number of aliphatic carboxylic acids is 1. The normalized spacial score (nSPS) is 12.5. The van der Waals surface area contributed by atoms with Crippen LogP contribution < -0.4 is 0 Å². The van der Waals surface area contributed by atoms with Crippen molar-refractivity contribution in [3.8, 4) is 0 Å². The molecule has 0 bridgehead atoms. The van der Waals surface area contributed by atoms with Crippen LogP contribution in [0, 0.1) is 5.92 Å². The molecular weight excluding hydrogens is 464 g/mol. The summed E-state index contributed by atoms with van der Waals surface area (Å²) >= 11 is 0. The number of carbonyl (C=O) groups is 1. The summed E-state index contributed by atoms with van der Waals surface area (Å²) in [6.45, 7) is 4.56. The van der Waals surface area contributed by atoms with Crippen LogP contribution in [-0.2, 0) is 4.79 Å². The molecule has 0 aliphatic carbocycles. The summed E-state index contributed by atoms with van der Waals surface area (Å²) in [7, 11) is 0. The Kier molecular flexibility index (Phi) is 31.7. The van der Waals surface area contributed by atoms with E-state index in [-0.39, 0.29) is 5.92 Å². The van der Waals surface area contributed by atoms with Crippen LogP contribution in [0.5, 0.6) is 0 Å². The van der Waals surface area contributed by atoms with E-state index >= 15 is 0 Å². The van der Waals surface area contributed by atoms with Gasteiger partial charge in [0.1, 0.15) is 0 Å². The third-order valence-corrected chi connectivity index (χ3v) is 8.32. The lowest BCUT2D eigenvalue weighted by Crippen LogP contribution is -2.13. The standard InChI is InChI=1S/C36H70O2/c1-3-5-7-9-11-13-15-17-18-19-20-21-22-24-26-28-30-32-34-35(36(37)38)33-31-29-27-25-23-16-14-12-10-8-6-4-2/h17-18,35H,3-16,19-34H2,1-2H3,(H,37,38)/b18-17-. The number of carboxylic acids is 1. The Labute approximate surface area is 240 Å². The molecule has 0 saturated carbocycles. The average molecular weight is 535 g/mol. The van der Waals surface area contributed by atoms with E-state index in [1.807, 2.05) is 0 Å². The minimum Gasteiger partial charge on any atom is -0.481 e. The molecule has 38 heavy (non-hydrogen) atoms. The first-order valence-corrected chi connectivity index (χ1v) is 17.6. The first-order chi connectivity index (χ1) is 18.7. The minimum atomic E-state index is -0.561. The van der Waals surface area contributed by atoms with Crippen LogP contribution in [0.3, 0.4) is 0 Å². The second-order valence-corrected chi connectivity index (χ2v) is 12.1. The van der Waals surface area contributed by atoms with Gasteiger partial charge in [-0.2, -0.15) is 0 Å². The van der Waals surface area contributed by atoms with Gasteiger partial charge in [0, 0.05) is 0 Å². The van der Waals surface area contributed by atoms with Crippen molar-refractivity contribution in [2.24, 2.45) is 5.92 Å². The van der Waals surface area contributed by atoms with Crippen LogP contribution in [0.25, 0.3) is 0 Å². The van der Waals surface area contributed by atoms with Gasteiger partial charge < -0.3 is 5.11 Å². The summed E-state index contributed by atoms with van der Waals surface area (Å²) in [4.78, 5) is 11.6. The Morgan fingerprint density at radius 3 is 1.00 bits per heavy atom. The molecule has 2 heteroatoms. The Morgan fingerprint density at radius 2 is 0.711 bits per heavy atom. The molecule has 0 aromatic rings. The van der Waals surface area contributed by atoms with Crippen LogP contribution in [-0.4, -0.2) is 11.1 Å². The van der Waals surface area contributed by atoms with Gasteiger partial charge in [0.05, 0.1) is 5.92 Å².